The Kier molecular flexibility index (Phi) is 35.8. The van der Waals surface area contributed by atoms with Gasteiger partial charge in [-0.15, -0.1) is 0 Å². The summed E-state index contributed by atoms with van der Waals surface area (Å²) in [7, 11) is 1.35. The number of hydrogen-bond donors (Lipinski definition) is 0. The van der Waals surface area contributed by atoms with E-state index >= 15 is 0 Å². The van der Waals surface area contributed by atoms with E-state index in [2.05, 4.69) is 50.3 Å². The van der Waals surface area contributed by atoms with Gasteiger partial charge < -0.3 is 27.9 Å². The van der Waals surface area contributed by atoms with Gasteiger partial charge in [0.2, 0.25) is 0 Å². The van der Waals surface area contributed by atoms with Crippen LogP contribution in [0, 0.1) is 0 Å². The molecule has 2 unspecified atom stereocenters. The molecule has 0 aliphatic rings. The van der Waals surface area contributed by atoms with Crippen molar-refractivity contribution in [1.29, 1.82) is 0 Å². The molecule has 52 heavy (non-hydrogen) atoms. The third-order valence-electron chi connectivity index (χ3n) is 8.94. The summed E-state index contributed by atoms with van der Waals surface area (Å²) in [6, 6.07) is 0. The lowest BCUT2D eigenvalue weighted by Crippen LogP contribution is -2.37. The predicted molar refractivity (Wildman–Crippen MR) is 217 cm³/mol. The topological polar surface area (TPSA) is 94.1 Å². The van der Waals surface area contributed by atoms with E-state index in [4.69, 9.17) is 18.5 Å². The molecule has 0 radical (unpaired) electrons. The summed E-state index contributed by atoms with van der Waals surface area (Å²) >= 11 is 0. The molecular formula is C43H82NO7P. The maximum Gasteiger partial charge on any atom is 0.306 e. The van der Waals surface area contributed by atoms with E-state index in [0.29, 0.717) is 24.1 Å². The van der Waals surface area contributed by atoms with Crippen molar-refractivity contribution in [3.05, 3.63) is 36.5 Å². The Morgan fingerprint density at radius 1 is 0.596 bits per heavy atom. The molecule has 9 heteroatoms. The number of carbonyl (C=O) groups is 1. The van der Waals surface area contributed by atoms with Crippen LogP contribution in [0.25, 0.3) is 0 Å². The minimum absolute atomic E-state index is 0.0236. The fourth-order valence-electron chi connectivity index (χ4n) is 5.61. The van der Waals surface area contributed by atoms with Crippen LogP contribution in [0.5, 0.6) is 0 Å². The number of unbranched alkanes of at least 4 members (excludes halogenated alkanes) is 19. The Morgan fingerprint density at radius 2 is 1.06 bits per heavy atom. The molecule has 0 spiro atoms. The Balaban J connectivity index is 4.20. The lowest BCUT2D eigenvalue weighted by atomic mass is 10.1. The molecule has 0 amide bonds. The molecule has 0 heterocycles. The van der Waals surface area contributed by atoms with Gasteiger partial charge in [-0.3, -0.25) is 9.36 Å². The number of likely N-dealkylation sites (N-methyl/N-ethyl adjacent to an activating group) is 1. The predicted octanol–water partition coefficient (Wildman–Crippen LogP) is 11.6. The molecule has 306 valence electrons. The minimum atomic E-state index is -4.52. The van der Waals surface area contributed by atoms with E-state index in [0.717, 1.165) is 57.8 Å². The largest absolute Gasteiger partial charge is 0.756 e. The van der Waals surface area contributed by atoms with Crippen molar-refractivity contribution < 1.29 is 37.3 Å². The molecule has 0 aromatic rings. The fourth-order valence-corrected chi connectivity index (χ4v) is 6.34. The van der Waals surface area contributed by atoms with Gasteiger partial charge in [0, 0.05) is 13.0 Å². The monoisotopic (exact) mass is 756 g/mol. The number of quaternary nitrogens is 1. The number of phosphoric acid groups is 1. The highest BCUT2D eigenvalue weighted by Crippen LogP contribution is 2.38. The Morgan fingerprint density at radius 3 is 1.58 bits per heavy atom. The van der Waals surface area contributed by atoms with Crippen molar-refractivity contribution in [2.75, 3.05) is 54.1 Å². The molecule has 0 fully saturated rings. The number of ether oxygens (including phenoxy) is 2. The lowest BCUT2D eigenvalue weighted by molar-refractivity contribution is -0.870. The number of carbonyl (C=O) groups excluding carboxylic acids is 1. The van der Waals surface area contributed by atoms with Crippen LogP contribution in [0.15, 0.2) is 36.5 Å². The standard InChI is InChI=1S/C43H82NO7P/c1-6-8-10-12-14-16-17-18-19-20-21-22-23-24-25-26-27-28-30-32-34-36-43(45)51-42(41-50-52(46,47)49-39-37-44(3,4)5)40-48-38-35-33-31-29-15-13-11-9-7-2/h17-18,20-21,23-24,42H,6-16,19,22,25-41H2,1-5H3/b18-17-,21-20-,24-23-. The second-order valence-corrected chi connectivity index (χ2v) is 16.8. The zero-order chi connectivity index (χ0) is 38.4. The van der Waals surface area contributed by atoms with Gasteiger partial charge in [-0.1, -0.05) is 153 Å². The zero-order valence-corrected chi connectivity index (χ0v) is 35.4. The zero-order valence-electron chi connectivity index (χ0n) is 34.5. The first kappa shape index (κ1) is 50.7. The molecule has 8 nitrogen and oxygen atoms in total. The van der Waals surface area contributed by atoms with Crippen LogP contribution in [0.1, 0.15) is 174 Å². The van der Waals surface area contributed by atoms with Gasteiger partial charge in [0.25, 0.3) is 7.82 Å². The van der Waals surface area contributed by atoms with Crippen LogP contribution in [-0.2, 0) is 27.9 Å². The van der Waals surface area contributed by atoms with Gasteiger partial charge in [0.05, 0.1) is 34.4 Å². The van der Waals surface area contributed by atoms with E-state index in [1.165, 1.54) is 96.3 Å². The molecule has 0 aromatic carbocycles. The van der Waals surface area contributed by atoms with Crippen molar-refractivity contribution in [1.82, 2.24) is 0 Å². The van der Waals surface area contributed by atoms with Crippen LogP contribution in [0.4, 0.5) is 0 Å². The molecule has 0 aromatic heterocycles. The average molecular weight is 756 g/mol. The fraction of sp³-hybridized carbons (Fsp3) is 0.837. The quantitative estimate of drug-likeness (QED) is 0.0203. The number of rotatable bonds is 39. The molecule has 2 atom stereocenters. The van der Waals surface area contributed by atoms with Gasteiger partial charge in [-0.2, -0.15) is 0 Å². The Bertz CT molecular complexity index is 931. The van der Waals surface area contributed by atoms with Gasteiger partial charge in [0.1, 0.15) is 19.3 Å². The number of hydrogen-bond acceptors (Lipinski definition) is 7. The molecule has 0 rings (SSSR count). The summed E-state index contributed by atoms with van der Waals surface area (Å²) in [6.07, 6.45) is 41.5. The Hall–Kier alpha value is -1.28. The van der Waals surface area contributed by atoms with E-state index < -0.39 is 13.9 Å². The molecule has 0 saturated heterocycles. The normalized spacial score (nSPS) is 14.2. The van der Waals surface area contributed by atoms with Gasteiger partial charge >= 0.3 is 5.97 Å². The van der Waals surface area contributed by atoms with Gasteiger partial charge in [0.15, 0.2) is 0 Å². The van der Waals surface area contributed by atoms with E-state index in [1.807, 2.05) is 21.1 Å². The first-order valence-electron chi connectivity index (χ1n) is 21.2. The second kappa shape index (κ2) is 36.7. The molecule has 0 aliphatic carbocycles. The van der Waals surface area contributed by atoms with E-state index in [-0.39, 0.29) is 25.8 Å². The number of phosphoric ester groups is 1. The third-order valence-corrected chi connectivity index (χ3v) is 9.91. The molecule has 0 bridgehead atoms. The van der Waals surface area contributed by atoms with Crippen molar-refractivity contribution >= 4 is 13.8 Å². The highest BCUT2D eigenvalue weighted by Gasteiger charge is 2.20. The Labute approximate surface area is 321 Å². The van der Waals surface area contributed by atoms with Crippen LogP contribution >= 0.6 is 7.82 Å². The van der Waals surface area contributed by atoms with Gasteiger partial charge in [-0.05, 0) is 51.4 Å². The second-order valence-electron chi connectivity index (χ2n) is 15.4. The van der Waals surface area contributed by atoms with Crippen molar-refractivity contribution in [2.45, 2.75) is 180 Å². The number of allylic oxidation sites excluding steroid dienone is 6. The SMILES string of the molecule is CCCCCCC/C=C\C/C=C\C/C=C\CCCCCCCCC(=O)OC(COCCCCCCCCCCC)COP(=O)([O-])OCC[N+](C)(C)C. The van der Waals surface area contributed by atoms with Crippen LogP contribution in [0.2, 0.25) is 0 Å². The average Bonchev–Trinajstić information content (AvgIpc) is 3.09. The summed E-state index contributed by atoms with van der Waals surface area (Å²) < 4.78 is 34.4. The summed E-state index contributed by atoms with van der Waals surface area (Å²) in [5.41, 5.74) is 0. The van der Waals surface area contributed by atoms with Crippen molar-refractivity contribution in [3.63, 3.8) is 0 Å². The summed E-state index contributed by atoms with van der Waals surface area (Å²) in [5.74, 6) is -0.347. The van der Waals surface area contributed by atoms with E-state index in [9.17, 15) is 14.3 Å². The molecule has 0 N–H and O–H groups in total. The summed E-state index contributed by atoms with van der Waals surface area (Å²) in [6.45, 7) is 5.37. The lowest BCUT2D eigenvalue weighted by Gasteiger charge is -2.28. The molecule has 0 saturated carbocycles. The van der Waals surface area contributed by atoms with Crippen LogP contribution in [0.3, 0.4) is 0 Å². The third kappa shape index (κ3) is 39.9. The smallest absolute Gasteiger partial charge is 0.306 e. The van der Waals surface area contributed by atoms with Crippen LogP contribution in [-0.4, -0.2) is 70.7 Å². The number of nitrogens with zero attached hydrogens (tertiary/aromatic N) is 1. The minimum Gasteiger partial charge on any atom is -0.756 e. The van der Waals surface area contributed by atoms with Gasteiger partial charge in [-0.25, -0.2) is 0 Å². The molecular weight excluding hydrogens is 673 g/mol. The molecule has 0 aliphatic heterocycles. The van der Waals surface area contributed by atoms with Crippen molar-refractivity contribution in [3.8, 4) is 0 Å². The maximum atomic E-state index is 12.6. The first-order chi connectivity index (χ1) is 25.1. The number of esters is 1. The first-order valence-corrected chi connectivity index (χ1v) is 22.7. The van der Waals surface area contributed by atoms with E-state index in [1.54, 1.807) is 0 Å². The summed E-state index contributed by atoms with van der Waals surface area (Å²) in [5, 5.41) is 0. The van der Waals surface area contributed by atoms with Crippen LogP contribution < -0.4 is 4.89 Å². The maximum absolute atomic E-state index is 12.6. The summed E-state index contributed by atoms with van der Waals surface area (Å²) in [4.78, 5) is 25.0. The van der Waals surface area contributed by atoms with Crippen molar-refractivity contribution in [2.24, 2.45) is 0 Å². The highest BCUT2D eigenvalue weighted by atomic mass is 31.2. The highest BCUT2D eigenvalue weighted by molar-refractivity contribution is 7.45.